The van der Waals surface area contributed by atoms with Gasteiger partial charge < -0.3 is 14.2 Å². The fraction of sp³-hybridized carbons (Fsp3) is 0.120. The van der Waals surface area contributed by atoms with Gasteiger partial charge in [0.05, 0.1) is 19.1 Å². The van der Waals surface area contributed by atoms with Crippen LogP contribution in [0.2, 0.25) is 5.02 Å². The summed E-state index contributed by atoms with van der Waals surface area (Å²) < 4.78 is 16.6. The zero-order valence-electron chi connectivity index (χ0n) is 17.0. The van der Waals surface area contributed by atoms with E-state index in [9.17, 15) is 9.59 Å². The van der Waals surface area contributed by atoms with Gasteiger partial charge in [-0.1, -0.05) is 41.9 Å². The lowest BCUT2D eigenvalue weighted by atomic mass is 10.0. The molecule has 1 aliphatic heterocycles. The van der Waals surface area contributed by atoms with E-state index in [-0.39, 0.29) is 18.0 Å². The van der Waals surface area contributed by atoms with Crippen molar-refractivity contribution in [3.05, 3.63) is 93.7 Å². The third-order valence-electron chi connectivity index (χ3n) is 4.86. The number of carbonyl (C=O) groups is 2. The standard InChI is InChI=1S/C25H19ClO5/c1-15-11-19(30-23(27)12-16-7-9-18(26)10-8-16)14-21-24(15)25(28)22(31-21)13-17-5-3-4-6-20(17)29-2/h3-11,13-14H,12H2,1-2H3/b22-13-. The molecule has 0 bridgehead atoms. The summed E-state index contributed by atoms with van der Waals surface area (Å²) in [5, 5.41) is 0.602. The summed E-state index contributed by atoms with van der Waals surface area (Å²) in [5.74, 6) is 0.860. The zero-order valence-corrected chi connectivity index (χ0v) is 17.7. The number of methoxy groups -OCH3 is 1. The Morgan fingerprint density at radius 2 is 1.84 bits per heavy atom. The van der Waals surface area contributed by atoms with Crippen molar-refractivity contribution in [1.29, 1.82) is 0 Å². The molecule has 3 aromatic rings. The number of hydrogen-bond donors (Lipinski definition) is 0. The number of fused-ring (bicyclic) bond motifs is 1. The predicted octanol–water partition coefficient (Wildman–Crippen LogP) is 5.42. The first-order chi connectivity index (χ1) is 14.9. The highest BCUT2D eigenvalue weighted by atomic mass is 35.5. The highest BCUT2D eigenvalue weighted by molar-refractivity contribution is 6.30. The number of hydrogen-bond acceptors (Lipinski definition) is 5. The molecule has 0 N–H and O–H groups in total. The number of allylic oxidation sites excluding steroid dienone is 1. The van der Waals surface area contributed by atoms with Gasteiger partial charge in [0.15, 0.2) is 5.76 Å². The molecule has 0 fully saturated rings. The molecule has 3 aromatic carbocycles. The number of aryl methyl sites for hydroxylation is 1. The van der Waals surface area contributed by atoms with Gasteiger partial charge in [-0.25, -0.2) is 0 Å². The Morgan fingerprint density at radius 3 is 2.58 bits per heavy atom. The lowest BCUT2D eigenvalue weighted by molar-refractivity contribution is -0.133. The summed E-state index contributed by atoms with van der Waals surface area (Å²) in [6.45, 7) is 1.78. The van der Waals surface area contributed by atoms with Gasteiger partial charge in [0, 0.05) is 16.7 Å². The molecule has 1 heterocycles. The van der Waals surface area contributed by atoms with Crippen LogP contribution in [-0.2, 0) is 11.2 Å². The van der Waals surface area contributed by atoms with Gasteiger partial charge >= 0.3 is 5.97 Å². The second-order valence-electron chi connectivity index (χ2n) is 7.07. The molecule has 156 valence electrons. The number of ketones is 1. The van der Waals surface area contributed by atoms with E-state index < -0.39 is 5.97 Å². The number of halogens is 1. The van der Waals surface area contributed by atoms with E-state index >= 15 is 0 Å². The summed E-state index contributed by atoms with van der Waals surface area (Å²) >= 11 is 5.87. The van der Waals surface area contributed by atoms with Gasteiger partial charge in [-0.2, -0.15) is 0 Å². The molecule has 0 spiro atoms. The van der Waals surface area contributed by atoms with Crippen molar-refractivity contribution in [3.8, 4) is 17.2 Å². The Balaban J connectivity index is 1.55. The second-order valence-corrected chi connectivity index (χ2v) is 7.51. The van der Waals surface area contributed by atoms with Gasteiger partial charge in [0.25, 0.3) is 0 Å². The number of rotatable bonds is 5. The van der Waals surface area contributed by atoms with Gasteiger partial charge in [0.1, 0.15) is 17.2 Å². The normalized spacial score (nSPS) is 13.6. The van der Waals surface area contributed by atoms with Gasteiger partial charge in [0.2, 0.25) is 5.78 Å². The lowest BCUT2D eigenvalue weighted by Gasteiger charge is -2.08. The Morgan fingerprint density at radius 1 is 1.10 bits per heavy atom. The van der Waals surface area contributed by atoms with Crippen molar-refractivity contribution in [1.82, 2.24) is 0 Å². The minimum absolute atomic E-state index is 0.103. The number of carbonyl (C=O) groups excluding carboxylic acids is 2. The lowest BCUT2D eigenvalue weighted by Crippen LogP contribution is -2.11. The molecule has 0 atom stereocenters. The molecular weight excluding hydrogens is 416 g/mol. The molecule has 0 amide bonds. The van der Waals surface area contributed by atoms with E-state index in [4.69, 9.17) is 25.8 Å². The van der Waals surface area contributed by atoms with Crippen LogP contribution < -0.4 is 14.2 Å². The van der Waals surface area contributed by atoms with Crippen LogP contribution in [0.4, 0.5) is 0 Å². The SMILES string of the molecule is COc1ccccc1/C=C1\Oc2cc(OC(=O)Cc3ccc(Cl)cc3)cc(C)c2C1=O. The van der Waals surface area contributed by atoms with E-state index in [1.54, 1.807) is 56.5 Å². The monoisotopic (exact) mass is 434 g/mol. The van der Waals surface area contributed by atoms with Crippen LogP contribution in [0.5, 0.6) is 17.2 Å². The van der Waals surface area contributed by atoms with Crippen molar-refractivity contribution >= 4 is 29.4 Å². The second kappa shape index (κ2) is 8.66. The Hall–Kier alpha value is -3.57. The predicted molar refractivity (Wildman–Crippen MR) is 118 cm³/mol. The molecule has 4 rings (SSSR count). The van der Waals surface area contributed by atoms with Crippen molar-refractivity contribution in [3.63, 3.8) is 0 Å². The minimum Gasteiger partial charge on any atom is -0.496 e. The topological polar surface area (TPSA) is 61.8 Å². The fourth-order valence-electron chi connectivity index (χ4n) is 3.40. The first-order valence-electron chi connectivity index (χ1n) is 9.61. The molecule has 0 unspecified atom stereocenters. The third kappa shape index (κ3) is 4.47. The van der Waals surface area contributed by atoms with Crippen LogP contribution >= 0.6 is 11.6 Å². The van der Waals surface area contributed by atoms with Crippen molar-refractivity contribution < 1.29 is 23.8 Å². The molecule has 0 aromatic heterocycles. The Labute approximate surface area is 184 Å². The van der Waals surface area contributed by atoms with Crippen LogP contribution in [0.15, 0.2) is 66.4 Å². The summed E-state index contributed by atoms with van der Waals surface area (Å²) in [6, 6.07) is 17.5. The summed E-state index contributed by atoms with van der Waals surface area (Å²) in [5.41, 5.74) is 2.65. The number of Topliss-reactive ketones (excluding diaryl/α,β-unsaturated/α-hetero) is 1. The van der Waals surface area contributed by atoms with Crippen molar-refractivity contribution in [2.75, 3.05) is 7.11 Å². The maximum Gasteiger partial charge on any atom is 0.315 e. The first kappa shape index (κ1) is 20.7. The maximum atomic E-state index is 12.9. The Kier molecular flexibility index (Phi) is 5.78. The molecule has 0 aliphatic carbocycles. The van der Waals surface area contributed by atoms with Gasteiger partial charge in [-0.3, -0.25) is 9.59 Å². The van der Waals surface area contributed by atoms with E-state index in [0.717, 1.165) is 11.1 Å². The van der Waals surface area contributed by atoms with E-state index in [1.807, 2.05) is 24.3 Å². The molecule has 0 saturated carbocycles. The van der Waals surface area contributed by atoms with E-state index in [2.05, 4.69) is 0 Å². The van der Waals surface area contributed by atoms with Crippen LogP contribution in [0, 0.1) is 6.92 Å². The summed E-state index contributed by atoms with van der Waals surface area (Å²) in [7, 11) is 1.57. The smallest absolute Gasteiger partial charge is 0.315 e. The van der Waals surface area contributed by atoms with Crippen LogP contribution in [0.25, 0.3) is 6.08 Å². The number of esters is 1. The summed E-state index contributed by atoms with van der Waals surface area (Å²) in [4.78, 5) is 25.2. The Bertz CT molecular complexity index is 1200. The van der Waals surface area contributed by atoms with Crippen molar-refractivity contribution in [2.24, 2.45) is 0 Å². The van der Waals surface area contributed by atoms with Crippen LogP contribution in [0.1, 0.15) is 27.0 Å². The number of benzene rings is 3. The van der Waals surface area contributed by atoms with E-state index in [1.165, 1.54) is 0 Å². The van der Waals surface area contributed by atoms with Crippen molar-refractivity contribution in [2.45, 2.75) is 13.3 Å². The first-order valence-corrected chi connectivity index (χ1v) is 9.99. The summed E-state index contributed by atoms with van der Waals surface area (Å²) in [6.07, 6.45) is 1.75. The highest BCUT2D eigenvalue weighted by Gasteiger charge is 2.30. The van der Waals surface area contributed by atoms with Gasteiger partial charge in [-0.05, 0) is 48.4 Å². The maximum absolute atomic E-state index is 12.9. The molecular formula is C25H19ClO5. The molecule has 0 radical (unpaired) electrons. The van der Waals surface area contributed by atoms with E-state index in [0.29, 0.717) is 33.4 Å². The minimum atomic E-state index is -0.421. The average Bonchev–Trinajstić information content (AvgIpc) is 3.05. The molecule has 6 heteroatoms. The van der Waals surface area contributed by atoms with Crippen LogP contribution in [0.3, 0.4) is 0 Å². The molecule has 5 nitrogen and oxygen atoms in total. The fourth-order valence-corrected chi connectivity index (χ4v) is 3.53. The highest BCUT2D eigenvalue weighted by Crippen LogP contribution is 2.38. The molecule has 0 saturated heterocycles. The van der Waals surface area contributed by atoms with Crippen LogP contribution in [-0.4, -0.2) is 18.9 Å². The molecule has 1 aliphatic rings. The third-order valence-corrected chi connectivity index (χ3v) is 5.11. The number of para-hydroxylation sites is 1. The van der Waals surface area contributed by atoms with Gasteiger partial charge in [-0.15, -0.1) is 0 Å². The quantitative estimate of drug-likeness (QED) is 0.305. The average molecular weight is 435 g/mol. The molecule has 31 heavy (non-hydrogen) atoms. The number of ether oxygens (including phenoxy) is 3. The largest absolute Gasteiger partial charge is 0.496 e. The zero-order chi connectivity index (χ0) is 22.0.